The van der Waals surface area contributed by atoms with Crippen molar-refractivity contribution >= 4 is 5.97 Å². The summed E-state index contributed by atoms with van der Waals surface area (Å²) in [5, 5.41) is 9.29. The van der Waals surface area contributed by atoms with Crippen molar-refractivity contribution in [3.05, 3.63) is 29.3 Å². The Bertz CT molecular complexity index is 419. The maximum atomic E-state index is 11.3. The van der Waals surface area contributed by atoms with E-state index in [0.29, 0.717) is 25.2 Å². The van der Waals surface area contributed by atoms with Crippen molar-refractivity contribution in [2.45, 2.75) is 32.1 Å². The second kappa shape index (κ2) is 3.81. The molecule has 16 heavy (non-hydrogen) atoms. The van der Waals surface area contributed by atoms with Gasteiger partial charge in [0, 0.05) is 5.56 Å². The van der Waals surface area contributed by atoms with E-state index in [0.717, 1.165) is 11.1 Å². The van der Waals surface area contributed by atoms with Crippen molar-refractivity contribution in [1.82, 2.24) is 0 Å². The number of hydrogen-bond acceptors (Lipinski definition) is 2. The zero-order valence-corrected chi connectivity index (χ0v) is 9.62. The van der Waals surface area contributed by atoms with Gasteiger partial charge in [0.25, 0.3) is 0 Å². The second-order valence-corrected chi connectivity index (χ2v) is 4.32. The molecule has 1 aliphatic carbocycles. The Labute approximate surface area is 95.0 Å². The molecule has 0 heterocycles. The maximum absolute atomic E-state index is 11.3. The monoisotopic (exact) mass is 220 g/mol. The zero-order valence-electron chi connectivity index (χ0n) is 9.62. The predicted molar refractivity (Wildman–Crippen MR) is 60.9 cm³/mol. The van der Waals surface area contributed by atoms with E-state index >= 15 is 0 Å². The molecular weight excluding hydrogens is 204 g/mol. The largest absolute Gasteiger partial charge is 0.494 e. The minimum absolute atomic E-state index is 0.561. The van der Waals surface area contributed by atoms with Gasteiger partial charge in [-0.05, 0) is 32.8 Å². The normalized spacial score (nSPS) is 16.9. The van der Waals surface area contributed by atoms with Crippen molar-refractivity contribution in [3.8, 4) is 5.75 Å². The van der Waals surface area contributed by atoms with E-state index in [2.05, 4.69) is 0 Å². The van der Waals surface area contributed by atoms with Gasteiger partial charge in [0.2, 0.25) is 0 Å². The number of carboxylic acid groups (broad SMARTS) is 1. The van der Waals surface area contributed by atoms with Crippen LogP contribution in [0.25, 0.3) is 0 Å². The van der Waals surface area contributed by atoms with Gasteiger partial charge in [-0.2, -0.15) is 0 Å². The minimum Gasteiger partial charge on any atom is -0.494 e. The van der Waals surface area contributed by atoms with Crippen LogP contribution in [0.4, 0.5) is 0 Å². The Morgan fingerprint density at radius 1 is 1.50 bits per heavy atom. The molecule has 1 aromatic carbocycles. The van der Waals surface area contributed by atoms with E-state index in [1.807, 2.05) is 32.0 Å². The lowest BCUT2D eigenvalue weighted by molar-refractivity contribution is -0.140. The number of carboxylic acids is 1. The van der Waals surface area contributed by atoms with Crippen LogP contribution < -0.4 is 4.74 Å². The highest BCUT2D eigenvalue weighted by atomic mass is 16.5. The number of aryl methyl sites for hydroxylation is 1. The third-order valence-electron chi connectivity index (χ3n) is 3.11. The van der Waals surface area contributed by atoms with Gasteiger partial charge in [0.05, 0.1) is 12.0 Å². The van der Waals surface area contributed by atoms with Gasteiger partial charge in [-0.15, -0.1) is 0 Å². The lowest BCUT2D eigenvalue weighted by Gasteiger charge is -2.16. The first kappa shape index (κ1) is 11.0. The van der Waals surface area contributed by atoms with E-state index in [1.165, 1.54) is 0 Å². The third-order valence-corrected chi connectivity index (χ3v) is 3.11. The number of rotatable bonds is 4. The highest BCUT2D eigenvalue weighted by Gasteiger charge is 2.53. The molecule has 0 atom stereocenters. The first-order chi connectivity index (χ1) is 7.60. The van der Waals surface area contributed by atoms with Crippen LogP contribution in [-0.4, -0.2) is 17.7 Å². The van der Waals surface area contributed by atoms with Crippen LogP contribution in [0.3, 0.4) is 0 Å². The Kier molecular flexibility index (Phi) is 2.62. The van der Waals surface area contributed by atoms with Crippen LogP contribution in [0.2, 0.25) is 0 Å². The highest BCUT2D eigenvalue weighted by Crippen LogP contribution is 2.51. The molecule has 3 heteroatoms. The number of hydrogen-bond donors (Lipinski definition) is 1. The van der Waals surface area contributed by atoms with Crippen molar-refractivity contribution in [3.63, 3.8) is 0 Å². The van der Waals surface area contributed by atoms with Crippen molar-refractivity contribution < 1.29 is 14.6 Å². The fourth-order valence-corrected chi connectivity index (χ4v) is 2.02. The summed E-state index contributed by atoms with van der Waals surface area (Å²) in [7, 11) is 0. The maximum Gasteiger partial charge on any atom is 0.314 e. The zero-order chi connectivity index (χ0) is 11.8. The first-order valence-electron chi connectivity index (χ1n) is 5.57. The van der Waals surface area contributed by atoms with Gasteiger partial charge in [-0.1, -0.05) is 17.7 Å². The summed E-state index contributed by atoms with van der Waals surface area (Å²) < 4.78 is 5.51. The molecule has 1 fully saturated rings. The molecule has 0 amide bonds. The Balaban J connectivity index is 2.45. The average Bonchev–Trinajstić information content (AvgIpc) is 3.02. The molecule has 0 unspecified atom stereocenters. The van der Waals surface area contributed by atoms with E-state index < -0.39 is 11.4 Å². The van der Waals surface area contributed by atoms with Crippen LogP contribution in [0.5, 0.6) is 5.75 Å². The van der Waals surface area contributed by atoms with Crippen LogP contribution in [0.1, 0.15) is 30.9 Å². The van der Waals surface area contributed by atoms with Gasteiger partial charge < -0.3 is 9.84 Å². The smallest absolute Gasteiger partial charge is 0.314 e. The summed E-state index contributed by atoms with van der Waals surface area (Å²) in [6.07, 6.45) is 1.43. The van der Waals surface area contributed by atoms with Crippen molar-refractivity contribution in [2.24, 2.45) is 0 Å². The molecule has 86 valence electrons. The summed E-state index contributed by atoms with van der Waals surface area (Å²) >= 11 is 0. The van der Waals surface area contributed by atoms with E-state index in [4.69, 9.17) is 4.74 Å². The molecule has 1 N–H and O–H groups in total. The van der Waals surface area contributed by atoms with Crippen LogP contribution >= 0.6 is 0 Å². The van der Waals surface area contributed by atoms with Crippen LogP contribution in [0.15, 0.2) is 18.2 Å². The number of ether oxygens (including phenoxy) is 1. The van der Waals surface area contributed by atoms with Gasteiger partial charge >= 0.3 is 5.97 Å². The molecule has 0 aromatic heterocycles. The van der Waals surface area contributed by atoms with Gasteiger partial charge in [-0.25, -0.2) is 0 Å². The lowest BCUT2D eigenvalue weighted by atomic mass is 9.93. The summed E-state index contributed by atoms with van der Waals surface area (Å²) in [5.74, 6) is -0.0212. The quantitative estimate of drug-likeness (QED) is 0.848. The fraction of sp³-hybridized carbons (Fsp3) is 0.462. The molecule has 1 aliphatic rings. The van der Waals surface area contributed by atoms with Gasteiger partial charge in [-0.3, -0.25) is 4.79 Å². The molecule has 0 saturated heterocycles. The predicted octanol–water partition coefficient (Wildman–Crippen LogP) is 2.51. The molecule has 1 saturated carbocycles. The summed E-state index contributed by atoms with van der Waals surface area (Å²) in [5.41, 5.74) is 1.23. The number of aliphatic carboxylic acids is 1. The summed E-state index contributed by atoms with van der Waals surface area (Å²) in [4.78, 5) is 11.3. The lowest BCUT2D eigenvalue weighted by Crippen LogP contribution is -2.20. The summed E-state index contributed by atoms with van der Waals surface area (Å²) in [6.45, 7) is 4.44. The Morgan fingerprint density at radius 2 is 2.19 bits per heavy atom. The molecule has 3 nitrogen and oxygen atoms in total. The van der Waals surface area contributed by atoms with E-state index in [1.54, 1.807) is 0 Å². The average molecular weight is 220 g/mol. The highest BCUT2D eigenvalue weighted by molar-refractivity contribution is 5.86. The molecule has 2 rings (SSSR count). The minimum atomic E-state index is -0.737. The summed E-state index contributed by atoms with van der Waals surface area (Å²) in [6, 6.07) is 5.76. The Morgan fingerprint density at radius 3 is 2.69 bits per heavy atom. The molecule has 0 spiro atoms. The number of carbonyl (C=O) groups is 1. The van der Waals surface area contributed by atoms with Crippen molar-refractivity contribution in [1.29, 1.82) is 0 Å². The Hall–Kier alpha value is -1.51. The van der Waals surface area contributed by atoms with Crippen LogP contribution in [0, 0.1) is 6.92 Å². The molecule has 0 radical (unpaired) electrons. The fourth-order valence-electron chi connectivity index (χ4n) is 2.02. The van der Waals surface area contributed by atoms with Gasteiger partial charge in [0.15, 0.2) is 0 Å². The van der Waals surface area contributed by atoms with Gasteiger partial charge in [0.1, 0.15) is 5.75 Å². The van der Waals surface area contributed by atoms with E-state index in [-0.39, 0.29) is 0 Å². The third kappa shape index (κ3) is 1.66. The van der Waals surface area contributed by atoms with Crippen LogP contribution in [-0.2, 0) is 10.2 Å². The second-order valence-electron chi connectivity index (χ2n) is 4.32. The molecule has 1 aromatic rings. The molecular formula is C13H16O3. The van der Waals surface area contributed by atoms with E-state index in [9.17, 15) is 9.90 Å². The number of benzene rings is 1. The molecule has 0 aliphatic heterocycles. The molecule has 0 bridgehead atoms. The first-order valence-corrected chi connectivity index (χ1v) is 5.57. The topological polar surface area (TPSA) is 46.5 Å². The SMILES string of the molecule is CCOc1ccc(C)cc1C1(C(=O)O)CC1. The van der Waals surface area contributed by atoms with Crippen molar-refractivity contribution in [2.75, 3.05) is 6.61 Å². The standard InChI is InChI=1S/C13H16O3/c1-3-16-11-5-4-9(2)8-10(11)13(6-7-13)12(14)15/h4-5,8H,3,6-7H2,1-2H3,(H,14,15).